The number of rotatable bonds is 9. The van der Waals surface area contributed by atoms with E-state index in [0.29, 0.717) is 23.5 Å². The molecule has 0 aliphatic rings. The van der Waals surface area contributed by atoms with E-state index in [0.717, 1.165) is 18.8 Å². The average Bonchev–Trinajstić information content (AvgIpc) is 2.45. The lowest BCUT2D eigenvalue weighted by Gasteiger charge is -2.31. The van der Waals surface area contributed by atoms with Crippen molar-refractivity contribution in [3.05, 3.63) is 29.3 Å². The van der Waals surface area contributed by atoms with Gasteiger partial charge < -0.3 is 10.6 Å². The molecule has 1 rings (SSSR count). The molecular weight excluding hydrogens is 310 g/mol. The van der Waals surface area contributed by atoms with Gasteiger partial charge in [-0.05, 0) is 58.9 Å². The van der Waals surface area contributed by atoms with Crippen molar-refractivity contribution in [1.82, 2.24) is 10.2 Å². The van der Waals surface area contributed by atoms with E-state index in [9.17, 15) is 4.79 Å². The summed E-state index contributed by atoms with van der Waals surface area (Å²) in [5.41, 5.74) is 0.775. The van der Waals surface area contributed by atoms with E-state index >= 15 is 0 Å². The minimum Gasteiger partial charge on any atom is -0.326 e. The van der Waals surface area contributed by atoms with Crippen LogP contribution < -0.4 is 10.6 Å². The summed E-state index contributed by atoms with van der Waals surface area (Å²) in [6.07, 6.45) is 0.450. The van der Waals surface area contributed by atoms with Gasteiger partial charge in [-0.2, -0.15) is 0 Å². The monoisotopic (exact) mass is 339 g/mol. The fraction of sp³-hybridized carbons (Fsp3) is 0.611. The van der Waals surface area contributed by atoms with Crippen LogP contribution in [0.25, 0.3) is 0 Å². The molecular formula is C18H30ClN3O. The topological polar surface area (TPSA) is 44.4 Å². The molecule has 0 radical (unpaired) electrons. The summed E-state index contributed by atoms with van der Waals surface area (Å²) in [7, 11) is 0. The Hall–Kier alpha value is -1.10. The van der Waals surface area contributed by atoms with E-state index in [1.807, 2.05) is 19.1 Å². The number of hydrogen-bond acceptors (Lipinski definition) is 3. The van der Waals surface area contributed by atoms with Crippen LogP contribution in [0.1, 0.15) is 41.0 Å². The number of amides is 1. The Kier molecular flexibility index (Phi) is 8.59. The van der Waals surface area contributed by atoms with E-state index in [1.165, 1.54) is 0 Å². The Balaban J connectivity index is 2.31. The zero-order valence-corrected chi connectivity index (χ0v) is 15.7. The molecule has 0 saturated carbocycles. The number of hydrogen-bond donors (Lipinski definition) is 2. The smallest absolute Gasteiger partial charge is 0.225 e. The van der Waals surface area contributed by atoms with E-state index < -0.39 is 0 Å². The molecule has 1 aromatic rings. The van der Waals surface area contributed by atoms with Crippen molar-refractivity contribution in [2.75, 3.05) is 18.4 Å². The molecule has 0 aromatic heterocycles. The van der Waals surface area contributed by atoms with Crippen molar-refractivity contribution in [2.24, 2.45) is 0 Å². The highest BCUT2D eigenvalue weighted by Gasteiger charge is 2.14. The van der Waals surface area contributed by atoms with Crippen LogP contribution in [-0.4, -0.2) is 42.0 Å². The first-order valence-electron chi connectivity index (χ1n) is 8.34. The fourth-order valence-electron chi connectivity index (χ4n) is 2.65. The van der Waals surface area contributed by atoms with E-state index in [-0.39, 0.29) is 11.9 Å². The molecule has 0 aliphatic heterocycles. The van der Waals surface area contributed by atoms with Gasteiger partial charge in [0.05, 0.1) is 0 Å². The van der Waals surface area contributed by atoms with Gasteiger partial charge in [0.2, 0.25) is 5.91 Å². The van der Waals surface area contributed by atoms with Gasteiger partial charge in [0.15, 0.2) is 0 Å². The summed E-state index contributed by atoms with van der Waals surface area (Å²) < 4.78 is 0. The molecule has 0 spiro atoms. The minimum absolute atomic E-state index is 0.0110. The predicted octanol–water partition coefficient (Wildman–Crippen LogP) is 3.77. The van der Waals surface area contributed by atoms with Crippen LogP contribution in [0.2, 0.25) is 5.02 Å². The van der Waals surface area contributed by atoms with Crippen molar-refractivity contribution >= 4 is 23.2 Å². The van der Waals surface area contributed by atoms with Gasteiger partial charge in [0.25, 0.3) is 0 Å². The second kappa shape index (κ2) is 9.91. The molecule has 1 aromatic carbocycles. The number of carbonyl (C=O) groups excluding carboxylic acids is 1. The normalized spacial score (nSPS) is 12.9. The van der Waals surface area contributed by atoms with Crippen LogP contribution in [0.4, 0.5) is 5.69 Å². The van der Waals surface area contributed by atoms with Gasteiger partial charge in [-0.3, -0.25) is 9.69 Å². The zero-order valence-electron chi connectivity index (χ0n) is 14.9. The first kappa shape index (κ1) is 19.9. The lowest BCUT2D eigenvalue weighted by Crippen LogP contribution is -2.43. The van der Waals surface area contributed by atoms with Crippen LogP contribution in [0.5, 0.6) is 0 Å². The minimum atomic E-state index is 0.0110. The molecule has 4 nitrogen and oxygen atoms in total. The SMILES string of the molecule is CC(C)N(CCN[C@@H](C)CC(=O)Nc1ccc(Cl)cc1)C(C)C. The zero-order chi connectivity index (χ0) is 17.4. The molecule has 0 bridgehead atoms. The molecule has 0 heterocycles. The van der Waals surface area contributed by atoms with E-state index in [4.69, 9.17) is 11.6 Å². The Bertz CT molecular complexity index is 466. The van der Waals surface area contributed by atoms with Crippen LogP contribution in [0.3, 0.4) is 0 Å². The molecule has 23 heavy (non-hydrogen) atoms. The van der Waals surface area contributed by atoms with Crippen LogP contribution >= 0.6 is 11.6 Å². The molecule has 0 fully saturated rings. The molecule has 130 valence electrons. The summed E-state index contributed by atoms with van der Waals surface area (Å²) >= 11 is 5.83. The predicted molar refractivity (Wildman–Crippen MR) is 99.1 cm³/mol. The number of nitrogens with zero attached hydrogens (tertiary/aromatic N) is 1. The standard InChI is InChI=1S/C18H30ClN3O/c1-13(2)22(14(3)4)11-10-20-15(5)12-18(23)21-17-8-6-16(19)7-9-17/h6-9,13-15,20H,10-12H2,1-5H3,(H,21,23)/t15-/m0/s1. The van der Waals surface area contributed by atoms with Gasteiger partial charge in [0.1, 0.15) is 0 Å². The summed E-state index contributed by atoms with van der Waals surface area (Å²) in [4.78, 5) is 14.5. The van der Waals surface area contributed by atoms with Crippen LogP contribution in [0, 0.1) is 0 Å². The van der Waals surface area contributed by atoms with Crippen LogP contribution in [0.15, 0.2) is 24.3 Å². The second-order valence-corrected chi connectivity index (χ2v) is 6.98. The molecule has 0 aliphatic carbocycles. The number of halogens is 1. The third-order valence-electron chi connectivity index (χ3n) is 3.81. The second-order valence-electron chi connectivity index (χ2n) is 6.54. The summed E-state index contributed by atoms with van der Waals surface area (Å²) in [6.45, 7) is 12.7. The quantitative estimate of drug-likeness (QED) is 0.720. The lowest BCUT2D eigenvalue weighted by atomic mass is 10.2. The number of benzene rings is 1. The highest BCUT2D eigenvalue weighted by atomic mass is 35.5. The average molecular weight is 340 g/mol. The van der Waals surface area contributed by atoms with Crippen molar-refractivity contribution in [2.45, 2.75) is 59.2 Å². The van der Waals surface area contributed by atoms with Crippen molar-refractivity contribution in [1.29, 1.82) is 0 Å². The maximum atomic E-state index is 12.0. The summed E-state index contributed by atoms with van der Waals surface area (Å²) in [5, 5.41) is 6.98. The highest BCUT2D eigenvalue weighted by molar-refractivity contribution is 6.30. The fourth-order valence-corrected chi connectivity index (χ4v) is 2.77. The van der Waals surface area contributed by atoms with E-state index in [2.05, 4.69) is 43.2 Å². The summed E-state index contributed by atoms with van der Waals surface area (Å²) in [6, 6.07) is 8.35. The van der Waals surface area contributed by atoms with E-state index in [1.54, 1.807) is 12.1 Å². The third-order valence-corrected chi connectivity index (χ3v) is 4.06. The molecule has 2 N–H and O–H groups in total. The molecule has 0 saturated heterocycles. The van der Waals surface area contributed by atoms with Gasteiger partial charge in [-0.25, -0.2) is 0 Å². The van der Waals surface area contributed by atoms with Gasteiger partial charge in [-0.15, -0.1) is 0 Å². The number of anilines is 1. The summed E-state index contributed by atoms with van der Waals surface area (Å²) in [5.74, 6) is 0.0110. The largest absolute Gasteiger partial charge is 0.326 e. The Morgan fingerprint density at radius 3 is 2.17 bits per heavy atom. The Morgan fingerprint density at radius 2 is 1.65 bits per heavy atom. The maximum absolute atomic E-state index is 12.0. The highest BCUT2D eigenvalue weighted by Crippen LogP contribution is 2.13. The van der Waals surface area contributed by atoms with Gasteiger partial charge in [-0.1, -0.05) is 11.6 Å². The Labute approximate surface area is 145 Å². The van der Waals surface area contributed by atoms with Gasteiger partial charge >= 0.3 is 0 Å². The molecule has 5 heteroatoms. The molecule has 0 unspecified atom stereocenters. The Morgan fingerprint density at radius 1 is 1.09 bits per heavy atom. The van der Waals surface area contributed by atoms with Crippen molar-refractivity contribution in [3.8, 4) is 0 Å². The third kappa shape index (κ3) is 7.82. The number of carbonyl (C=O) groups is 1. The van der Waals surface area contributed by atoms with Gasteiger partial charge in [0, 0.05) is 48.3 Å². The first-order valence-corrected chi connectivity index (χ1v) is 8.72. The lowest BCUT2D eigenvalue weighted by molar-refractivity contribution is -0.116. The first-order chi connectivity index (χ1) is 10.8. The van der Waals surface area contributed by atoms with Crippen LogP contribution in [-0.2, 0) is 4.79 Å². The number of nitrogens with one attached hydrogen (secondary N) is 2. The maximum Gasteiger partial charge on any atom is 0.225 e. The molecule has 1 atom stereocenters. The van der Waals surface area contributed by atoms with Crippen molar-refractivity contribution < 1.29 is 4.79 Å². The van der Waals surface area contributed by atoms with Crippen molar-refractivity contribution in [3.63, 3.8) is 0 Å². The molecule has 1 amide bonds.